The van der Waals surface area contributed by atoms with E-state index in [1.54, 1.807) is 0 Å². The lowest BCUT2D eigenvalue weighted by molar-refractivity contribution is 0.681. The number of aryl methyl sites for hydroxylation is 1. The third kappa shape index (κ3) is 0.886. The zero-order valence-corrected chi connectivity index (χ0v) is 6.68. The molecule has 0 bridgehead atoms. The summed E-state index contributed by atoms with van der Waals surface area (Å²) in [5.74, 6) is 0. The van der Waals surface area contributed by atoms with E-state index >= 15 is 0 Å². The van der Waals surface area contributed by atoms with Gasteiger partial charge in [-0.15, -0.1) is 0 Å². The summed E-state index contributed by atoms with van der Waals surface area (Å²) < 4.78 is 0. The number of nitrogens with zero attached hydrogens (tertiary/aromatic N) is 1. The lowest BCUT2D eigenvalue weighted by Gasteiger charge is -2.03. The molecule has 2 heterocycles. The number of anilines is 1. The van der Waals surface area contributed by atoms with Crippen molar-refractivity contribution in [3.05, 3.63) is 23.5 Å². The van der Waals surface area contributed by atoms with Crippen molar-refractivity contribution in [1.82, 2.24) is 10.4 Å². The van der Waals surface area contributed by atoms with Gasteiger partial charge in [0.1, 0.15) is 0 Å². The number of hydrazine groups is 1. The molecule has 1 aromatic heterocycles. The van der Waals surface area contributed by atoms with Crippen molar-refractivity contribution >= 4 is 5.69 Å². The molecule has 0 aromatic carbocycles. The molecular weight excluding hydrogens is 138 g/mol. The fraction of sp³-hybridized carbons (Fsp3) is 0.375. The summed E-state index contributed by atoms with van der Waals surface area (Å²) in [7, 11) is 0. The van der Waals surface area contributed by atoms with E-state index in [1.807, 2.05) is 19.2 Å². The van der Waals surface area contributed by atoms with Gasteiger partial charge in [0.15, 0.2) is 0 Å². The fourth-order valence-corrected chi connectivity index (χ4v) is 1.49. The Balaban J connectivity index is 2.58. The van der Waals surface area contributed by atoms with Crippen LogP contribution in [-0.4, -0.2) is 4.98 Å². The molecule has 3 nitrogen and oxygen atoms in total. The predicted octanol–water partition coefficient (Wildman–Crippen LogP) is 1.38. The lowest BCUT2D eigenvalue weighted by Crippen LogP contribution is -2.15. The number of hydrogen-bond donors (Lipinski definition) is 2. The Morgan fingerprint density at radius 2 is 2.36 bits per heavy atom. The van der Waals surface area contributed by atoms with Gasteiger partial charge in [-0.05, 0) is 19.9 Å². The quantitative estimate of drug-likeness (QED) is 0.585. The molecule has 1 aromatic rings. The van der Waals surface area contributed by atoms with Crippen LogP contribution in [0.3, 0.4) is 0 Å². The van der Waals surface area contributed by atoms with Crippen LogP contribution in [0, 0.1) is 6.92 Å². The highest BCUT2D eigenvalue weighted by molar-refractivity contribution is 5.56. The second kappa shape index (κ2) is 2.20. The number of rotatable bonds is 0. The maximum absolute atomic E-state index is 4.22. The average Bonchev–Trinajstić information content (AvgIpc) is 2.34. The van der Waals surface area contributed by atoms with E-state index in [2.05, 4.69) is 22.8 Å². The molecule has 0 spiro atoms. The lowest BCUT2D eigenvalue weighted by atomic mass is 10.1. The van der Waals surface area contributed by atoms with E-state index in [4.69, 9.17) is 0 Å². The fourth-order valence-electron chi connectivity index (χ4n) is 1.49. The minimum absolute atomic E-state index is 0.374. The van der Waals surface area contributed by atoms with Crippen molar-refractivity contribution in [3.8, 4) is 0 Å². The van der Waals surface area contributed by atoms with Crippen LogP contribution in [0.2, 0.25) is 0 Å². The maximum Gasteiger partial charge on any atom is 0.0569 e. The molecular formula is C8H11N3. The molecule has 1 aliphatic heterocycles. The van der Waals surface area contributed by atoms with Crippen LogP contribution < -0.4 is 10.9 Å². The summed E-state index contributed by atoms with van der Waals surface area (Å²) in [6.07, 6.45) is 1.82. The van der Waals surface area contributed by atoms with Gasteiger partial charge in [-0.2, -0.15) is 0 Å². The predicted molar refractivity (Wildman–Crippen MR) is 44.1 cm³/mol. The van der Waals surface area contributed by atoms with Gasteiger partial charge in [0.25, 0.3) is 0 Å². The van der Waals surface area contributed by atoms with E-state index in [-0.39, 0.29) is 0 Å². The van der Waals surface area contributed by atoms with Gasteiger partial charge >= 0.3 is 0 Å². The molecule has 3 heteroatoms. The van der Waals surface area contributed by atoms with Crippen LogP contribution in [0.15, 0.2) is 12.3 Å². The van der Waals surface area contributed by atoms with Gasteiger partial charge in [-0.25, -0.2) is 5.43 Å². The number of aromatic nitrogens is 1. The molecule has 1 unspecified atom stereocenters. The van der Waals surface area contributed by atoms with Crippen molar-refractivity contribution < 1.29 is 0 Å². The Kier molecular flexibility index (Phi) is 1.32. The van der Waals surface area contributed by atoms with E-state index < -0.39 is 0 Å². The van der Waals surface area contributed by atoms with Gasteiger partial charge in [-0.1, -0.05) is 0 Å². The number of hydrogen-bond acceptors (Lipinski definition) is 3. The first kappa shape index (κ1) is 6.61. The Hall–Kier alpha value is -1.09. The molecule has 0 saturated heterocycles. The summed E-state index contributed by atoms with van der Waals surface area (Å²) in [4.78, 5) is 4.22. The summed E-state index contributed by atoms with van der Waals surface area (Å²) in [5, 5.41) is 0. The van der Waals surface area contributed by atoms with Crippen molar-refractivity contribution in [2.45, 2.75) is 19.9 Å². The normalized spacial score (nSPS) is 21.1. The second-order valence-electron chi connectivity index (χ2n) is 2.85. The molecule has 2 rings (SSSR count). The highest BCUT2D eigenvalue weighted by Gasteiger charge is 2.19. The highest BCUT2D eigenvalue weighted by atomic mass is 15.4. The minimum atomic E-state index is 0.374. The van der Waals surface area contributed by atoms with Gasteiger partial charge in [0, 0.05) is 17.5 Å². The molecule has 0 radical (unpaired) electrons. The zero-order valence-electron chi connectivity index (χ0n) is 6.68. The topological polar surface area (TPSA) is 37.0 Å². The third-order valence-electron chi connectivity index (χ3n) is 2.05. The van der Waals surface area contributed by atoms with Crippen LogP contribution in [0.5, 0.6) is 0 Å². The summed E-state index contributed by atoms with van der Waals surface area (Å²) in [6, 6.07) is 2.36. The van der Waals surface area contributed by atoms with Crippen LogP contribution >= 0.6 is 0 Å². The number of fused-ring (bicyclic) bond motifs is 1. The zero-order chi connectivity index (χ0) is 7.84. The molecule has 1 aliphatic rings. The largest absolute Gasteiger partial charge is 0.320 e. The standard InChI is InChI=1S/C8H11N3/c1-5-8-6(2)10-11-7(8)3-4-9-5/h3-4,6,10-11H,1-2H3. The first-order valence-electron chi connectivity index (χ1n) is 3.76. The van der Waals surface area contributed by atoms with Crippen LogP contribution in [-0.2, 0) is 0 Å². The van der Waals surface area contributed by atoms with Crippen LogP contribution in [0.4, 0.5) is 5.69 Å². The van der Waals surface area contributed by atoms with Crippen LogP contribution in [0.1, 0.15) is 24.2 Å². The van der Waals surface area contributed by atoms with Crippen molar-refractivity contribution in [2.24, 2.45) is 0 Å². The average molecular weight is 149 g/mol. The molecule has 1 atom stereocenters. The molecule has 2 N–H and O–H groups in total. The second-order valence-corrected chi connectivity index (χ2v) is 2.85. The molecule has 11 heavy (non-hydrogen) atoms. The van der Waals surface area contributed by atoms with Crippen LogP contribution in [0.25, 0.3) is 0 Å². The number of pyridine rings is 1. The monoisotopic (exact) mass is 149 g/mol. The van der Waals surface area contributed by atoms with Crippen molar-refractivity contribution in [3.63, 3.8) is 0 Å². The maximum atomic E-state index is 4.22. The summed E-state index contributed by atoms with van der Waals surface area (Å²) in [6.45, 7) is 4.15. The van der Waals surface area contributed by atoms with E-state index in [1.165, 1.54) is 5.56 Å². The number of nitrogens with one attached hydrogen (secondary N) is 2. The smallest absolute Gasteiger partial charge is 0.0569 e. The van der Waals surface area contributed by atoms with Crippen molar-refractivity contribution in [2.75, 3.05) is 5.43 Å². The van der Waals surface area contributed by atoms with Gasteiger partial charge in [0.05, 0.1) is 11.7 Å². The molecule has 0 aliphatic carbocycles. The van der Waals surface area contributed by atoms with Gasteiger partial charge < -0.3 is 5.43 Å². The molecule has 0 saturated carbocycles. The Bertz CT molecular complexity index is 283. The highest BCUT2D eigenvalue weighted by Crippen LogP contribution is 2.28. The molecule has 58 valence electrons. The molecule has 0 amide bonds. The van der Waals surface area contributed by atoms with Gasteiger partial charge in [-0.3, -0.25) is 4.98 Å². The minimum Gasteiger partial charge on any atom is -0.320 e. The Morgan fingerprint density at radius 1 is 1.55 bits per heavy atom. The summed E-state index contributed by atoms with van der Waals surface area (Å²) >= 11 is 0. The van der Waals surface area contributed by atoms with E-state index in [0.29, 0.717) is 6.04 Å². The van der Waals surface area contributed by atoms with Gasteiger partial charge in [0.2, 0.25) is 0 Å². The van der Waals surface area contributed by atoms with Crippen molar-refractivity contribution in [1.29, 1.82) is 0 Å². The van der Waals surface area contributed by atoms with E-state index in [0.717, 1.165) is 11.4 Å². The Morgan fingerprint density at radius 3 is 3.09 bits per heavy atom. The Labute approximate surface area is 65.8 Å². The van der Waals surface area contributed by atoms with E-state index in [9.17, 15) is 0 Å². The molecule has 0 fully saturated rings. The third-order valence-corrected chi connectivity index (χ3v) is 2.05. The summed E-state index contributed by atoms with van der Waals surface area (Å²) in [5.41, 5.74) is 9.78. The first-order chi connectivity index (χ1) is 5.29. The SMILES string of the molecule is Cc1nccc2c1C(C)NN2. The first-order valence-corrected chi connectivity index (χ1v) is 3.76.